The summed E-state index contributed by atoms with van der Waals surface area (Å²) in [4.78, 5) is 25.1. The summed E-state index contributed by atoms with van der Waals surface area (Å²) >= 11 is 1.46. The average molecular weight is 466 g/mol. The first-order valence-corrected chi connectivity index (χ1v) is 12.9. The maximum Gasteiger partial charge on any atom is 0.262 e. The molecule has 6 nitrogen and oxygen atoms in total. The normalized spacial score (nSPS) is 25.7. The van der Waals surface area contributed by atoms with Gasteiger partial charge in [-0.1, -0.05) is 49.2 Å². The molecule has 2 aliphatic heterocycles. The van der Waals surface area contributed by atoms with Crippen molar-refractivity contribution in [2.45, 2.75) is 80.6 Å². The molecule has 0 bridgehead atoms. The number of unbranched alkanes of at least 4 members (excludes halogenated alkanes) is 2. The summed E-state index contributed by atoms with van der Waals surface area (Å²) in [5.74, 6) is 0.288. The second kappa shape index (κ2) is 10.7. The van der Waals surface area contributed by atoms with Gasteiger partial charge in [-0.05, 0) is 63.8 Å². The van der Waals surface area contributed by atoms with E-state index in [0.717, 1.165) is 23.4 Å². The average Bonchev–Trinajstić information content (AvgIpc) is 2.81. The lowest BCUT2D eigenvalue weighted by Gasteiger charge is -2.39. The van der Waals surface area contributed by atoms with Gasteiger partial charge in [-0.15, -0.1) is 0 Å². The molecule has 3 N–H and O–H groups in total. The Labute approximate surface area is 201 Å². The van der Waals surface area contributed by atoms with E-state index in [4.69, 9.17) is 5.73 Å². The monoisotopic (exact) mass is 465 g/mol. The van der Waals surface area contributed by atoms with Crippen LogP contribution in [0.4, 0.5) is 5.69 Å². The number of nitrogens with two attached hydrogens (primary N) is 1. The lowest BCUT2D eigenvalue weighted by molar-refractivity contribution is -0.118. The second-order valence-corrected chi connectivity index (χ2v) is 10.6. The Kier molecular flexibility index (Phi) is 7.71. The van der Waals surface area contributed by atoms with Gasteiger partial charge >= 0.3 is 0 Å². The number of nitrogens with one attached hydrogen (secondary N) is 1. The number of pyridine rings is 1. The Hall–Kier alpha value is -2.38. The number of hydrogen-bond acceptors (Lipinski definition) is 5. The van der Waals surface area contributed by atoms with Gasteiger partial charge in [-0.2, -0.15) is 0 Å². The van der Waals surface area contributed by atoms with Crippen LogP contribution in [0.3, 0.4) is 0 Å². The van der Waals surface area contributed by atoms with Crippen molar-refractivity contribution in [3.05, 3.63) is 54.4 Å². The molecular formula is C26H35N5OS. The number of carbonyl (C=O) groups is 1. The van der Waals surface area contributed by atoms with Crippen molar-refractivity contribution < 1.29 is 4.79 Å². The molecule has 0 spiro atoms. The van der Waals surface area contributed by atoms with Gasteiger partial charge in [0.1, 0.15) is 11.5 Å². The first-order chi connectivity index (χ1) is 16.0. The van der Waals surface area contributed by atoms with Crippen molar-refractivity contribution in [1.29, 1.82) is 0 Å². The van der Waals surface area contributed by atoms with Crippen molar-refractivity contribution in [3.8, 4) is 0 Å². The molecule has 0 aliphatic carbocycles. The van der Waals surface area contributed by atoms with Crippen LogP contribution in [0.25, 0.3) is 0 Å². The zero-order valence-electron chi connectivity index (χ0n) is 19.7. The molecule has 1 fully saturated rings. The number of thioether (sulfide) groups is 1. The van der Waals surface area contributed by atoms with E-state index in [1.165, 1.54) is 43.9 Å². The molecule has 3 atom stereocenters. The highest BCUT2D eigenvalue weighted by Crippen LogP contribution is 2.40. The van der Waals surface area contributed by atoms with Gasteiger partial charge < -0.3 is 16.0 Å². The van der Waals surface area contributed by atoms with Gasteiger partial charge in [0.15, 0.2) is 5.37 Å². The molecule has 1 aromatic heterocycles. The van der Waals surface area contributed by atoms with Crippen LogP contribution in [-0.4, -0.2) is 40.2 Å². The van der Waals surface area contributed by atoms with Crippen LogP contribution in [0.1, 0.15) is 64.5 Å². The quantitative estimate of drug-likeness (QED) is 0.334. The predicted octanol–water partition coefficient (Wildman–Crippen LogP) is 4.73. The fraction of sp³-hybridized carbons (Fsp3) is 0.500. The number of benzene rings is 1. The third-order valence-corrected chi connectivity index (χ3v) is 7.76. The van der Waals surface area contributed by atoms with E-state index in [0.29, 0.717) is 24.1 Å². The summed E-state index contributed by atoms with van der Waals surface area (Å²) < 4.78 is 0. The van der Waals surface area contributed by atoms with Gasteiger partial charge in [-0.25, -0.2) is 4.99 Å². The summed E-state index contributed by atoms with van der Waals surface area (Å²) in [6.07, 6.45) is 9.96. The van der Waals surface area contributed by atoms with E-state index < -0.39 is 5.37 Å². The number of aliphatic imine (C=N–C) groups is 1. The number of nitrogens with zero attached hydrogens (tertiary/aromatic N) is 3. The molecule has 176 valence electrons. The zero-order chi connectivity index (χ0) is 23.3. The van der Waals surface area contributed by atoms with Crippen LogP contribution < -0.4 is 16.0 Å². The summed E-state index contributed by atoms with van der Waals surface area (Å²) in [5, 5.41) is 3.20. The van der Waals surface area contributed by atoms with Gasteiger partial charge in [0.25, 0.3) is 5.91 Å². The number of piperidine rings is 1. The first-order valence-electron chi connectivity index (χ1n) is 12.0. The van der Waals surface area contributed by atoms with Crippen LogP contribution in [0.15, 0.2) is 58.5 Å². The fourth-order valence-corrected chi connectivity index (χ4v) is 6.01. The number of fused-ring (bicyclic) bond motifs is 1. The van der Waals surface area contributed by atoms with Crippen molar-refractivity contribution in [1.82, 2.24) is 10.3 Å². The minimum atomic E-state index is -0.589. The molecule has 0 saturated carbocycles. The molecule has 1 amide bonds. The Morgan fingerprint density at radius 3 is 2.85 bits per heavy atom. The molecule has 1 saturated heterocycles. The van der Waals surface area contributed by atoms with Crippen LogP contribution in [-0.2, 0) is 4.79 Å². The first kappa shape index (κ1) is 23.8. The van der Waals surface area contributed by atoms with E-state index in [2.05, 4.69) is 35.2 Å². The zero-order valence-corrected chi connectivity index (χ0v) is 20.5. The molecule has 3 heterocycles. The Balaban J connectivity index is 1.38. The number of amidine groups is 1. The number of rotatable bonds is 8. The van der Waals surface area contributed by atoms with Crippen LogP contribution in [0.5, 0.6) is 0 Å². The molecule has 0 radical (unpaired) electrons. The minimum Gasteiger partial charge on any atom is -0.382 e. The molecule has 2 aromatic rings. The number of amides is 1. The van der Waals surface area contributed by atoms with E-state index in [9.17, 15) is 4.79 Å². The van der Waals surface area contributed by atoms with Crippen molar-refractivity contribution in [2.24, 2.45) is 10.7 Å². The molecule has 7 heteroatoms. The Bertz CT molecular complexity index is 982. The van der Waals surface area contributed by atoms with Gasteiger partial charge in [0.2, 0.25) is 0 Å². The van der Waals surface area contributed by atoms with Crippen LogP contribution in [0.2, 0.25) is 0 Å². The SMILES string of the molecule is C[C@H]1CCC[C@@](C)(CCCCCN2C(=O)C(N=C(N)c3ccccn3)Sc3ccccc32)N1. The highest BCUT2D eigenvalue weighted by atomic mass is 32.2. The van der Waals surface area contributed by atoms with E-state index in [1.807, 2.05) is 41.3 Å². The molecule has 1 unspecified atom stereocenters. The van der Waals surface area contributed by atoms with Crippen LogP contribution >= 0.6 is 11.8 Å². The summed E-state index contributed by atoms with van der Waals surface area (Å²) in [6, 6.07) is 14.2. The standard InChI is InChI=1S/C26H35N5OS/c1-19-11-10-16-26(2,30-19)15-7-3-9-18-31-21-13-4-5-14-22(21)33-24(25(31)32)29-23(27)20-12-6-8-17-28-20/h4-6,8,12-14,17,19,24,30H,3,7,9-11,15-16,18H2,1-2H3,(H2,27,29)/t19-,24?,26+/m0/s1. The maximum atomic E-state index is 13.4. The number of carbonyl (C=O) groups excluding carboxylic acids is 1. The Morgan fingerprint density at radius 1 is 1.24 bits per heavy atom. The molecule has 33 heavy (non-hydrogen) atoms. The van der Waals surface area contributed by atoms with Crippen molar-refractivity contribution in [2.75, 3.05) is 11.4 Å². The Morgan fingerprint density at radius 2 is 2.06 bits per heavy atom. The van der Waals surface area contributed by atoms with Gasteiger partial charge in [-0.3, -0.25) is 9.78 Å². The third-order valence-electron chi connectivity index (χ3n) is 6.63. The summed E-state index contributed by atoms with van der Waals surface area (Å²) in [5.41, 5.74) is 8.01. The number of para-hydroxylation sites is 1. The molecule has 4 rings (SSSR count). The highest BCUT2D eigenvalue weighted by Gasteiger charge is 2.33. The lowest BCUT2D eigenvalue weighted by Crippen LogP contribution is -2.50. The molecular weight excluding hydrogens is 430 g/mol. The van der Waals surface area contributed by atoms with Gasteiger partial charge in [0, 0.05) is 29.2 Å². The highest BCUT2D eigenvalue weighted by molar-refractivity contribution is 8.01. The van der Waals surface area contributed by atoms with Crippen LogP contribution in [0, 0.1) is 0 Å². The fourth-order valence-electron chi connectivity index (χ4n) is 4.92. The lowest BCUT2D eigenvalue weighted by atomic mass is 9.84. The number of hydrogen-bond donors (Lipinski definition) is 2. The van der Waals surface area contributed by atoms with E-state index in [1.54, 1.807) is 6.20 Å². The predicted molar refractivity (Wildman–Crippen MR) is 137 cm³/mol. The van der Waals surface area contributed by atoms with E-state index in [-0.39, 0.29) is 11.4 Å². The van der Waals surface area contributed by atoms with Crippen molar-refractivity contribution in [3.63, 3.8) is 0 Å². The third kappa shape index (κ3) is 5.95. The molecule has 2 aliphatic rings. The van der Waals surface area contributed by atoms with Crippen molar-refractivity contribution >= 4 is 29.2 Å². The summed E-state index contributed by atoms with van der Waals surface area (Å²) in [7, 11) is 0. The smallest absolute Gasteiger partial charge is 0.262 e. The number of anilines is 1. The number of aromatic nitrogens is 1. The summed E-state index contributed by atoms with van der Waals surface area (Å²) in [6.45, 7) is 5.35. The van der Waals surface area contributed by atoms with E-state index >= 15 is 0 Å². The maximum absolute atomic E-state index is 13.4. The molecule has 1 aromatic carbocycles. The minimum absolute atomic E-state index is 0.00712. The topological polar surface area (TPSA) is 83.6 Å². The second-order valence-electron chi connectivity index (χ2n) is 9.47. The van der Waals surface area contributed by atoms with Gasteiger partial charge in [0.05, 0.1) is 5.69 Å². The largest absolute Gasteiger partial charge is 0.382 e.